The second kappa shape index (κ2) is 15.5. The fourth-order valence-electron chi connectivity index (χ4n) is 11.3. The van der Waals surface area contributed by atoms with Gasteiger partial charge in [0, 0.05) is 50.8 Å². The SMILES string of the molecule is c1ccc(-c2ccc(-c3cc(-c4ccc(-c5nc6ccccc6c6c7c(ccc56)C5(c6ccccc6-c6ccccc65)c5ccccc5-7)cc4)cc(-c4ccc(-c5ccccn5)cc4)n3)nc2)cc1. The number of hydrogen-bond acceptors (Lipinski definition) is 4. The molecule has 0 bridgehead atoms. The van der Waals surface area contributed by atoms with Gasteiger partial charge in [-0.25, -0.2) is 9.97 Å². The molecule has 0 amide bonds. The summed E-state index contributed by atoms with van der Waals surface area (Å²) in [6.07, 6.45) is 3.77. The van der Waals surface area contributed by atoms with Crippen LogP contribution in [0.25, 0.3) is 111 Å². The number of nitrogens with zero attached hydrogens (tertiary/aromatic N) is 4. The number of benzene rings is 8. The highest BCUT2D eigenvalue weighted by molar-refractivity contribution is 6.20. The highest BCUT2D eigenvalue weighted by Gasteiger charge is 2.52. The molecular weight excluding hydrogens is 837 g/mol. The van der Waals surface area contributed by atoms with Crippen LogP contribution in [0.5, 0.6) is 0 Å². The van der Waals surface area contributed by atoms with E-state index in [9.17, 15) is 0 Å². The van der Waals surface area contributed by atoms with Gasteiger partial charge in [-0.3, -0.25) is 9.97 Å². The fraction of sp³-hybridized carbons (Fsp3) is 0.0154. The van der Waals surface area contributed by atoms with Crippen molar-refractivity contribution < 1.29 is 0 Å². The van der Waals surface area contributed by atoms with Crippen LogP contribution >= 0.6 is 0 Å². The van der Waals surface area contributed by atoms with Gasteiger partial charge in [0.05, 0.1) is 39.4 Å². The molecule has 2 aliphatic rings. The van der Waals surface area contributed by atoms with Gasteiger partial charge in [-0.2, -0.15) is 0 Å². The van der Waals surface area contributed by atoms with Crippen LogP contribution in [0.15, 0.2) is 243 Å². The standard InChI is InChI=1S/C65H40N4/c1-2-14-41(15-3-1)46-33-36-59(67-40-46)61-39-47(38-60(68-61)44-29-27-43(28-30-44)57-23-12-13-37-66-57)42-25-31-45(32-26-42)64-52-34-35-56-63(62(52)51-19-7-11-24-58(51)69-64)50-18-6-10-22-55(50)65(56)53-20-8-4-16-48(53)49-17-5-9-21-54(49)65/h1-40H. The van der Waals surface area contributed by atoms with Gasteiger partial charge in [0.25, 0.3) is 0 Å². The minimum absolute atomic E-state index is 0.428. The van der Waals surface area contributed by atoms with E-state index in [2.05, 4.69) is 211 Å². The Bertz CT molecular complexity index is 3830. The zero-order valence-corrected chi connectivity index (χ0v) is 37.4. The van der Waals surface area contributed by atoms with E-state index in [1.807, 2.05) is 36.7 Å². The lowest BCUT2D eigenvalue weighted by molar-refractivity contribution is 0.794. The van der Waals surface area contributed by atoms with Gasteiger partial charge < -0.3 is 0 Å². The first-order valence-electron chi connectivity index (χ1n) is 23.5. The van der Waals surface area contributed by atoms with Crippen LogP contribution in [0.3, 0.4) is 0 Å². The molecule has 0 saturated carbocycles. The Kier molecular flexibility index (Phi) is 8.77. The van der Waals surface area contributed by atoms with E-state index in [1.54, 1.807) is 0 Å². The Morgan fingerprint density at radius 2 is 0.884 bits per heavy atom. The predicted molar refractivity (Wildman–Crippen MR) is 282 cm³/mol. The zero-order chi connectivity index (χ0) is 45.5. The van der Waals surface area contributed by atoms with Crippen molar-refractivity contribution in [3.05, 3.63) is 265 Å². The van der Waals surface area contributed by atoms with Crippen molar-refractivity contribution in [2.45, 2.75) is 5.41 Å². The fourth-order valence-corrected chi connectivity index (χ4v) is 11.3. The maximum Gasteiger partial charge on any atom is 0.0899 e. The molecule has 1 spiro atoms. The van der Waals surface area contributed by atoms with Gasteiger partial charge in [-0.05, 0) is 97.6 Å². The largest absolute Gasteiger partial charge is 0.256 e. The lowest BCUT2D eigenvalue weighted by Gasteiger charge is -2.30. The Labute approximate surface area is 400 Å². The quantitative estimate of drug-likeness (QED) is 0.156. The number of aromatic nitrogens is 4. The van der Waals surface area contributed by atoms with Crippen LogP contribution in [-0.4, -0.2) is 19.9 Å². The van der Waals surface area contributed by atoms with Crippen LogP contribution in [0, 0.1) is 0 Å². The summed E-state index contributed by atoms with van der Waals surface area (Å²) in [5, 5.41) is 3.54. The molecule has 0 fully saturated rings. The lowest BCUT2D eigenvalue weighted by Crippen LogP contribution is -2.25. The molecule has 0 radical (unpaired) electrons. The van der Waals surface area contributed by atoms with Gasteiger partial charge in [0.2, 0.25) is 0 Å². The summed E-state index contributed by atoms with van der Waals surface area (Å²) < 4.78 is 0. The molecule has 8 aromatic carbocycles. The number of rotatable bonds is 6. The first-order chi connectivity index (χ1) is 34.2. The summed E-state index contributed by atoms with van der Waals surface area (Å²) in [6, 6.07) is 82.8. The van der Waals surface area contributed by atoms with Gasteiger partial charge in [0.15, 0.2) is 0 Å². The van der Waals surface area contributed by atoms with E-state index in [0.717, 1.165) is 83.7 Å². The summed E-state index contributed by atoms with van der Waals surface area (Å²) in [6.45, 7) is 0. The van der Waals surface area contributed by atoms with E-state index < -0.39 is 5.41 Å². The molecule has 4 heterocycles. The number of fused-ring (bicyclic) bond motifs is 14. The third-order valence-corrected chi connectivity index (χ3v) is 14.4. The van der Waals surface area contributed by atoms with Gasteiger partial charge in [-0.1, -0.05) is 194 Å². The Hall–Kier alpha value is -9.12. The van der Waals surface area contributed by atoms with Crippen molar-refractivity contribution in [1.29, 1.82) is 0 Å². The van der Waals surface area contributed by atoms with Gasteiger partial charge in [-0.15, -0.1) is 0 Å². The molecule has 2 aliphatic carbocycles. The summed E-state index contributed by atoms with van der Waals surface area (Å²) in [7, 11) is 0. The van der Waals surface area contributed by atoms with Crippen LogP contribution in [0.2, 0.25) is 0 Å². The Morgan fingerprint density at radius 3 is 1.59 bits per heavy atom. The highest BCUT2D eigenvalue weighted by atomic mass is 14.8. The summed E-state index contributed by atoms with van der Waals surface area (Å²) in [5.74, 6) is 0. The van der Waals surface area contributed by atoms with E-state index in [1.165, 1.54) is 49.9 Å². The van der Waals surface area contributed by atoms with Crippen molar-refractivity contribution in [2.24, 2.45) is 0 Å². The minimum Gasteiger partial charge on any atom is -0.256 e. The molecule has 0 N–H and O–H groups in total. The molecule has 0 atom stereocenters. The molecule has 0 unspecified atom stereocenters. The van der Waals surface area contributed by atoms with Crippen molar-refractivity contribution in [1.82, 2.24) is 19.9 Å². The maximum absolute atomic E-state index is 5.46. The Balaban J connectivity index is 0.914. The maximum atomic E-state index is 5.46. The number of para-hydroxylation sites is 1. The molecular formula is C65H40N4. The average Bonchev–Trinajstić information content (AvgIpc) is 3.91. The molecule has 14 rings (SSSR count). The number of pyridine rings is 4. The van der Waals surface area contributed by atoms with Crippen molar-refractivity contribution >= 4 is 21.7 Å². The molecule has 4 heteroatoms. The van der Waals surface area contributed by atoms with Crippen LogP contribution in [0.1, 0.15) is 22.3 Å². The first-order valence-corrected chi connectivity index (χ1v) is 23.5. The average molecular weight is 877 g/mol. The van der Waals surface area contributed by atoms with Crippen molar-refractivity contribution in [2.75, 3.05) is 0 Å². The molecule has 12 aromatic rings. The monoisotopic (exact) mass is 876 g/mol. The Morgan fingerprint density at radius 1 is 0.304 bits per heavy atom. The molecule has 0 saturated heterocycles. The second-order valence-corrected chi connectivity index (χ2v) is 18.1. The smallest absolute Gasteiger partial charge is 0.0899 e. The van der Waals surface area contributed by atoms with E-state index in [0.29, 0.717) is 0 Å². The third-order valence-electron chi connectivity index (χ3n) is 14.4. The second-order valence-electron chi connectivity index (χ2n) is 18.1. The molecule has 69 heavy (non-hydrogen) atoms. The van der Waals surface area contributed by atoms with Gasteiger partial charge >= 0.3 is 0 Å². The predicted octanol–water partition coefficient (Wildman–Crippen LogP) is 15.9. The van der Waals surface area contributed by atoms with Gasteiger partial charge in [0.1, 0.15) is 0 Å². The highest BCUT2D eigenvalue weighted by Crippen LogP contribution is 2.64. The lowest BCUT2D eigenvalue weighted by atomic mass is 9.70. The normalized spacial score (nSPS) is 12.8. The van der Waals surface area contributed by atoms with E-state index in [-0.39, 0.29) is 0 Å². The molecule has 0 aliphatic heterocycles. The topological polar surface area (TPSA) is 51.6 Å². The molecule has 4 aromatic heterocycles. The number of hydrogen-bond donors (Lipinski definition) is 0. The summed E-state index contributed by atoms with van der Waals surface area (Å²) in [4.78, 5) is 20.2. The molecule has 320 valence electrons. The van der Waals surface area contributed by atoms with E-state index >= 15 is 0 Å². The van der Waals surface area contributed by atoms with Crippen molar-refractivity contribution in [3.63, 3.8) is 0 Å². The third kappa shape index (κ3) is 6.02. The first kappa shape index (κ1) is 39.1. The van der Waals surface area contributed by atoms with Crippen LogP contribution in [-0.2, 0) is 5.41 Å². The minimum atomic E-state index is -0.428. The summed E-state index contributed by atoms with van der Waals surface area (Å²) >= 11 is 0. The van der Waals surface area contributed by atoms with E-state index in [4.69, 9.17) is 15.0 Å². The van der Waals surface area contributed by atoms with Crippen molar-refractivity contribution in [3.8, 4) is 89.7 Å². The zero-order valence-electron chi connectivity index (χ0n) is 37.4. The van der Waals surface area contributed by atoms with Crippen LogP contribution in [0.4, 0.5) is 0 Å². The molecule has 4 nitrogen and oxygen atoms in total. The summed E-state index contributed by atoms with van der Waals surface area (Å²) in [5.41, 5.74) is 22.9. The van der Waals surface area contributed by atoms with Crippen LogP contribution < -0.4 is 0 Å².